The molecule has 0 radical (unpaired) electrons. The fourth-order valence-electron chi connectivity index (χ4n) is 2.69. The number of rotatable bonds is 4. The zero-order valence-corrected chi connectivity index (χ0v) is 13.1. The molecule has 1 aromatic rings. The molecule has 0 bridgehead atoms. The van der Waals surface area contributed by atoms with Gasteiger partial charge in [0.1, 0.15) is 12.4 Å². The Bertz CT molecular complexity index is 543. The Morgan fingerprint density at radius 1 is 1.32 bits per heavy atom. The summed E-state index contributed by atoms with van der Waals surface area (Å²) in [6.07, 6.45) is -0.770. The smallest absolute Gasteiger partial charge is 0.254 e. The minimum Gasteiger partial charge on any atom is -0.356 e. The van der Waals surface area contributed by atoms with Crippen molar-refractivity contribution in [1.29, 1.82) is 0 Å². The van der Waals surface area contributed by atoms with Gasteiger partial charge in [0.25, 0.3) is 5.91 Å². The van der Waals surface area contributed by atoms with Gasteiger partial charge in [-0.1, -0.05) is 12.1 Å². The van der Waals surface area contributed by atoms with E-state index in [1.165, 1.54) is 17.0 Å². The first-order chi connectivity index (χ1) is 10.5. The predicted octanol–water partition coefficient (Wildman–Crippen LogP) is 1.59. The number of amides is 2. The number of likely N-dealkylation sites (N-methyl/N-ethyl adjacent to an activating group) is 2. The van der Waals surface area contributed by atoms with Gasteiger partial charge in [-0.25, -0.2) is 4.39 Å². The molecule has 0 spiro atoms. The molecule has 5 nitrogen and oxygen atoms in total. The Balaban J connectivity index is 2.35. The number of hydrogen-bond acceptors (Lipinski definition) is 3. The van der Waals surface area contributed by atoms with Crippen molar-refractivity contribution in [1.82, 2.24) is 9.80 Å². The highest BCUT2D eigenvalue weighted by Gasteiger charge is 2.41. The number of carbonyl (C=O) groups is 2. The summed E-state index contributed by atoms with van der Waals surface area (Å²) >= 11 is 0. The maximum atomic E-state index is 13.1. The van der Waals surface area contributed by atoms with E-state index in [9.17, 15) is 14.0 Å². The van der Waals surface area contributed by atoms with E-state index >= 15 is 0 Å². The van der Waals surface area contributed by atoms with Gasteiger partial charge in [-0.15, -0.1) is 0 Å². The summed E-state index contributed by atoms with van der Waals surface area (Å²) in [5, 5.41) is 0. The molecule has 1 aromatic carbocycles. The highest BCUT2D eigenvalue weighted by molar-refractivity contribution is 5.86. The molecule has 2 amide bonds. The Morgan fingerprint density at radius 2 is 1.91 bits per heavy atom. The van der Waals surface area contributed by atoms with Crippen LogP contribution in [0, 0.1) is 5.82 Å². The molecule has 1 fully saturated rings. The van der Waals surface area contributed by atoms with E-state index in [-0.39, 0.29) is 24.2 Å². The first-order valence-electron chi connectivity index (χ1n) is 7.41. The summed E-state index contributed by atoms with van der Waals surface area (Å²) in [5.74, 6) is -0.710. The average molecular weight is 308 g/mol. The number of hydrogen-bond donors (Lipinski definition) is 0. The number of ether oxygens (including phenoxy) is 1. The minimum atomic E-state index is -0.770. The summed E-state index contributed by atoms with van der Waals surface area (Å²) in [6.45, 7) is 4.82. The first-order valence-corrected chi connectivity index (χ1v) is 7.41. The molecule has 6 heteroatoms. The van der Waals surface area contributed by atoms with E-state index in [4.69, 9.17) is 4.74 Å². The third-order valence-electron chi connectivity index (χ3n) is 4.01. The second-order valence-corrected chi connectivity index (χ2v) is 5.24. The third kappa shape index (κ3) is 3.11. The van der Waals surface area contributed by atoms with E-state index in [0.29, 0.717) is 18.7 Å². The number of benzene rings is 1. The van der Waals surface area contributed by atoms with Crippen molar-refractivity contribution in [2.45, 2.75) is 26.0 Å². The van der Waals surface area contributed by atoms with Gasteiger partial charge in [0, 0.05) is 20.1 Å². The summed E-state index contributed by atoms with van der Waals surface area (Å²) < 4.78 is 18.7. The summed E-state index contributed by atoms with van der Waals surface area (Å²) in [7, 11) is 1.64. The lowest BCUT2D eigenvalue weighted by molar-refractivity contribution is -0.167. The number of halogens is 1. The van der Waals surface area contributed by atoms with Gasteiger partial charge in [-0.2, -0.15) is 0 Å². The number of morpholine rings is 1. The largest absolute Gasteiger partial charge is 0.356 e. The van der Waals surface area contributed by atoms with Gasteiger partial charge >= 0.3 is 0 Å². The van der Waals surface area contributed by atoms with Crippen molar-refractivity contribution < 1.29 is 18.7 Å². The maximum Gasteiger partial charge on any atom is 0.254 e. The van der Waals surface area contributed by atoms with E-state index in [1.54, 1.807) is 24.1 Å². The maximum absolute atomic E-state index is 13.1. The molecule has 2 rings (SSSR count). The van der Waals surface area contributed by atoms with E-state index in [1.807, 2.05) is 13.8 Å². The molecule has 0 unspecified atom stereocenters. The topological polar surface area (TPSA) is 49.9 Å². The molecule has 1 aliphatic heterocycles. The van der Waals surface area contributed by atoms with Gasteiger partial charge < -0.3 is 14.5 Å². The number of nitrogens with zero attached hydrogens (tertiary/aromatic N) is 2. The van der Waals surface area contributed by atoms with Crippen LogP contribution in [-0.2, 0) is 14.3 Å². The van der Waals surface area contributed by atoms with Crippen LogP contribution >= 0.6 is 0 Å². The molecule has 0 N–H and O–H groups in total. The van der Waals surface area contributed by atoms with Crippen LogP contribution in [0.5, 0.6) is 0 Å². The van der Waals surface area contributed by atoms with Crippen molar-refractivity contribution in [2.75, 3.05) is 26.7 Å². The van der Waals surface area contributed by atoms with Gasteiger partial charge in [-0.3, -0.25) is 9.59 Å². The normalized spacial score (nSPS) is 21.8. The van der Waals surface area contributed by atoms with Gasteiger partial charge in [0.2, 0.25) is 5.91 Å². The molecular weight excluding hydrogens is 287 g/mol. The Hall–Kier alpha value is -1.95. The molecule has 120 valence electrons. The average Bonchev–Trinajstić information content (AvgIpc) is 2.52. The van der Waals surface area contributed by atoms with Crippen LogP contribution in [0.2, 0.25) is 0 Å². The molecule has 0 saturated carbocycles. The molecule has 2 atom stereocenters. The summed E-state index contributed by atoms with van der Waals surface area (Å²) in [4.78, 5) is 27.8. The van der Waals surface area contributed by atoms with Crippen molar-refractivity contribution in [3.05, 3.63) is 35.6 Å². The number of carbonyl (C=O) groups excluding carboxylic acids is 2. The van der Waals surface area contributed by atoms with Crippen molar-refractivity contribution in [2.24, 2.45) is 0 Å². The van der Waals surface area contributed by atoms with Gasteiger partial charge in [0.15, 0.2) is 6.10 Å². The first kappa shape index (κ1) is 16.4. The lowest BCUT2D eigenvalue weighted by atomic mass is 9.97. The lowest BCUT2D eigenvalue weighted by Crippen LogP contribution is -2.53. The van der Waals surface area contributed by atoms with Crippen LogP contribution in [-0.4, -0.2) is 54.5 Å². The van der Waals surface area contributed by atoms with Crippen LogP contribution in [0.15, 0.2) is 24.3 Å². The van der Waals surface area contributed by atoms with Crippen molar-refractivity contribution in [3.8, 4) is 0 Å². The van der Waals surface area contributed by atoms with Gasteiger partial charge in [-0.05, 0) is 31.5 Å². The summed E-state index contributed by atoms with van der Waals surface area (Å²) in [6, 6.07) is 5.26. The van der Waals surface area contributed by atoms with Crippen molar-refractivity contribution in [3.63, 3.8) is 0 Å². The van der Waals surface area contributed by atoms with Gasteiger partial charge in [0.05, 0.1) is 6.04 Å². The second kappa shape index (κ2) is 6.87. The van der Waals surface area contributed by atoms with Crippen LogP contribution in [0.3, 0.4) is 0 Å². The Labute approximate surface area is 129 Å². The second-order valence-electron chi connectivity index (χ2n) is 5.24. The quantitative estimate of drug-likeness (QED) is 0.849. The van der Waals surface area contributed by atoms with Crippen LogP contribution in [0.4, 0.5) is 4.39 Å². The lowest BCUT2D eigenvalue weighted by Gasteiger charge is -2.40. The standard InChI is InChI=1S/C16H21FN2O3/c1-4-19(5-2)16(21)15-14(18(3)13(20)10-22-15)11-6-8-12(17)9-7-11/h6-9,14-15H,4-5,10H2,1-3H3/t14-,15-/m1/s1. The monoisotopic (exact) mass is 308 g/mol. The fourth-order valence-corrected chi connectivity index (χ4v) is 2.69. The zero-order chi connectivity index (χ0) is 16.3. The van der Waals surface area contributed by atoms with E-state index in [2.05, 4.69) is 0 Å². The zero-order valence-electron chi connectivity index (χ0n) is 13.1. The predicted molar refractivity (Wildman–Crippen MR) is 79.6 cm³/mol. The van der Waals surface area contributed by atoms with Crippen LogP contribution in [0.1, 0.15) is 25.5 Å². The SMILES string of the molecule is CCN(CC)C(=O)[C@@H]1OCC(=O)N(C)[C@@H]1c1ccc(F)cc1. The van der Waals surface area contributed by atoms with Crippen molar-refractivity contribution >= 4 is 11.8 Å². The summed E-state index contributed by atoms with van der Waals surface area (Å²) in [5.41, 5.74) is 0.683. The minimum absolute atomic E-state index is 0.119. The highest BCUT2D eigenvalue weighted by atomic mass is 19.1. The van der Waals surface area contributed by atoms with Crippen LogP contribution < -0.4 is 0 Å². The Morgan fingerprint density at radius 3 is 2.45 bits per heavy atom. The van der Waals surface area contributed by atoms with E-state index in [0.717, 1.165) is 0 Å². The third-order valence-corrected chi connectivity index (χ3v) is 4.01. The van der Waals surface area contributed by atoms with Crippen LogP contribution in [0.25, 0.3) is 0 Å². The molecular formula is C16H21FN2O3. The molecule has 1 aliphatic rings. The molecule has 22 heavy (non-hydrogen) atoms. The highest BCUT2D eigenvalue weighted by Crippen LogP contribution is 2.30. The van der Waals surface area contributed by atoms with E-state index < -0.39 is 12.1 Å². The Kier molecular flexibility index (Phi) is 5.13. The molecule has 1 heterocycles. The molecule has 1 saturated heterocycles. The fraction of sp³-hybridized carbons (Fsp3) is 0.500. The molecule has 0 aromatic heterocycles. The molecule has 0 aliphatic carbocycles.